The fourth-order valence-electron chi connectivity index (χ4n) is 1.48. The first-order valence-electron chi connectivity index (χ1n) is 6.13. The highest BCUT2D eigenvalue weighted by Crippen LogP contribution is 2.53. The van der Waals surface area contributed by atoms with Gasteiger partial charge in [0.15, 0.2) is 5.85 Å². The van der Waals surface area contributed by atoms with Gasteiger partial charge in [0.25, 0.3) is 0 Å². The smallest absolute Gasteiger partial charge is 0.362 e. The highest BCUT2D eigenvalue weighted by Gasteiger charge is 2.32. The molecule has 1 aromatic carbocycles. The Morgan fingerprint density at radius 1 is 1.35 bits per heavy atom. The third-order valence-electron chi connectivity index (χ3n) is 2.36. The molecule has 0 aliphatic heterocycles. The molecule has 1 N–H and O–H groups in total. The second-order valence-corrected chi connectivity index (χ2v) is 7.59. The second-order valence-electron chi connectivity index (χ2n) is 3.81. The van der Waals surface area contributed by atoms with Gasteiger partial charge in [0.1, 0.15) is 0 Å². The molecule has 0 bridgehead atoms. The fraction of sp³-hybridized carbons (Fsp3) is 0.385. The molecule has 0 saturated carbocycles. The van der Waals surface area contributed by atoms with E-state index in [1.165, 1.54) is 6.08 Å². The van der Waals surface area contributed by atoms with E-state index in [1.807, 2.05) is 24.3 Å². The molecule has 7 heteroatoms. The highest BCUT2D eigenvalue weighted by molar-refractivity contribution is 14.1. The second kappa shape index (κ2) is 8.51. The summed E-state index contributed by atoms with van der Waals surface area (Å²) in [5.41, 5.74) is 0.727. The first-order valence-corrected chi connectivity index (χ1v) is 9.20. The molecular formula is C13H17ClIO4P. The Kier molecular flexibility index (Phi) is 7.72. The van der Waals surface area contributed by atoms with Crippen molar-refractivity contribution < 1.29 is 18.7 Å². The third kappa shape index (κ3) is 5.13. The molecule has 20 heavy (non-hydrogen) atoms. The zero-order chi connectivity index (χ0) is 15.2. The summed E-state index contributed by atoms with van der Waals surface area (Å²) in [5, 5.41) is 10.3. The predicted octanol–water partition coefficient (Wildman–Crippen LogP) is 4.46. The molecule has 0 saturated heterocycles. The lowest BCUT2D eigenvalue weighted by Crippen LogP contribution is -2.10. The van der Waals surface area contributed by atoms with Crippen molar-refractivity contribution in [2.24, 2.45) is 0 Å². The number of rotatable bonds is 7. The SMILES string of the molecule is CCOP(=O)(OCC)[C@H](O)/C=C(\Cl)c1ccc(I)cc1. The van der Waals surface area contributed by atoms with Crippen LogP contribution in [0.5, 0.6) is 0 Å². The molecule has 1 atom stereocenters. The number of hydrogen-bond acceptors (Lipinski definition) is 4. The topological polar surface area (TPSA) is 55.8 Å². The van der Waals surface area contributed by atoms with Crippen LogP contribution in [-0.2, 0) is 13.6 Å². The van der Waals surface area contributed by atoms with Crippen LogP contribution in [0, 0.1) is 3.57 Å². The Hall–Kier alpha value is 0.0900. The number of halogens is 2. The lowest BCUT2D eigenvalue weighted by atomic mass is 10.2. The molecule has 0 radical (unpaired) electrons. The molecule has 0 amide bonds. The van der Waals surface area contributed by atoms with Crippen LogP contribution < -0.4 is 0 Å². The van der Waals surface area contributed by atoms with Crippen LogP contribution in [0.15, 0.2) is 30.3 Å². The van der Waals surface area contributed by atoms with Gasteiger partial charge in [-0.2, -0.15) is 0 Å². The fourth-order valence-corrected chi connectivity index (χ4v) is 3.60. The zero-order valence-corrected chi connectivity index (χ0v) is 15.1. The van der Waals surface area contributed by atoms with Gasteiger partial charge in [-0.25, -0.2) is 0 Å². The molecule has 0 spiro atoms. The van der Waals surface area contributed by atoms with Gasteiger partial charge in [-0.3, -0.25) is 4.57 Å². The van der Waals surface area contributed by atoms with Gasteiger partial charge in [0.2, 0.25) is 0 Å². The summed E-state index contributed by atoms with van der Waals surface area (Å²) in [5.74, 6) is -1.39. The number of aliphatic hydroxyl groups excluding tert-OH is 1. The monoisotopic (exact) mass is 430 g/mol. The molecule has 0 unspecified atom stereocenters. The normalized spacial score (nSPS) is 14.3. The Bertz CT molecular complexity index is 494. The van der Waals surface area contributed by atoms with Crippen molar-refractivity contribution in [3.05, 3.63) is 39.5 Å². The average Bonchev–Trinajstić information content (AvgIpc) is 2.39. The minimum atomic E-state index is -3.60. The lowest BCUT2D eigenvalue weighted by Gasteiger charge is -2.20. The summed E-state index contributed by atoms with van der Waals surface area (Å²) in [6, 6.07) is 7.42. The molecule has 0 aromatic heterocycles. The van der Waals surface area contributed by atoms with Gasteiger partial charge in [-0.1, -0.05) is 23.7 Å². The summed E-state index contributed by atoms with van der Waals surface area (Å²) in [6.07, 6.45) is 1.29. The molecule has 0 heterocycles. The van der Waals surface area contributed by atoms with Crippen LogP contribution in [0.3, 0.4) is 0 Å². The Balaban J connectivity index is 2.95. The number of hydrogen-bond donors (Lipinski definition) is 1. The summed E-state index contributed by atoms with van der Waals surface area (Å²) in [7, 11) is -3.60. The van der Waals surface area contributed by atoms with Gasteiger partial charge in [-0.05, 0) is 60.2 Å². The predicted molar refractivity (Wildman–Crippen MR) is 89.9 cm³/mol. The maximum Gasteiger partial charge on any atom is 0.362 e. The summed E-state index contributed by atoms with van der Waals surface area (Å²) < 4.78 is 23.5. The molecule has 0 aliphatic carbocycles. The summed E-state index contributed by atoms with van der Waals surface area (Å²) in [4.78, 5) is 0. The van der Waals surface area contributed by atoms with Crippen LogP contribution in [0.4, 0.5) is 0 Å². The van der Waals surface area contributed by atoms with Gasteiger partial charge >= 0.3 is 7.60 Å². The zero-order valence-electron chi connectivity index (χ0n) is 11.3. The van der Waals surface area contributed by atoms with E-state index in [9.17, 15) is 9.67 Å². The maximum absolute atomic E-state index is 12.3. The van der Waals surface area contributed by atoms with E-state index in [0.717, 1.165) is 9.13 Å². The first-order chi connectivity index (χ1) is 9.42. The number of aliphatic hydroxyl groups is 1. The van der Waals surface area contributed by atoms with Crippen LogP contribution in [0.2, 0.25) is 0 Å². The van der Waals surface area contributed by atoms with E-state index in [-0.39, 0.29) is 13.2 Å². The van der Waals surface area contributed by atoms with Crippen LogP contribution in [0.25, 0.3) is 5.03 Å². The summed E-state index contributed by atoms with van der Waals surface area (Å²) >= 11 is 8.31. The standard InChI is InChI=1S/C13H17ClIO4P/c1-3-18-20(17,19-4-2)13(16)9-12(14)10-5-7-11(15)8-6-10/h5-9,13,16H,3-4H2,1-2H3/b12-9-/t13-/m0/s1. The Morgan fingerprint density at radius 3 is 2.30 bits per heavy atom. The first kappa shape index (κ1) is 18.1. The van der Waals surface area contributed by atoms with Crippen LogP contribution in [-0.4, -0.2) is 24.2 Å². The van der Waals surface area contributed by atoms with Crippen molar-refractivity contribution in [2.45, 2.75) is 19.7 Å². The molecule has 112 valence electrons. The molecule has 4 nitrogen and oxygen atoms in total. The molecular weight excluding hydrogens is 413 g/mol. The van der Waals surface area contributed by atoms with Crippen molar-refractivity contribution >= 4 is 46.8 Å². The van der Waals surface area contributed by atoms with E-state index in [4.69, 9.17) is 20.6 Å². The minimum Gasteiger partial charge on any atom is -0.377 e. The maximum atomic E-state index is 12.3. The van der Waals surface area contributed by atoms with Crippen LogP contribution in [0.1, 0.15) is 19.4 Å². The van der Waals surface area contributed by atoms with E-state index in [2.05, 4.69) is 22.6 Å². The Labute approximate surface area is 137 Å². The van der Waals surface area contributed by atoms with Gasteiger partial charge < -0.3 is 14.2 Å². The van der Waals surface area contributed by atoms with Gasteiger partial charge in [0, 0.05) is 8.60 Å². The lowest BCUT2D eigenvalue weighted by molar-refractivity contribution is 0.169. The Morgan fingerprint density at radius 2 is 1.85 bits per heavy atom. The van der Waals surface area contributed by atoms with Crippen molar-refractivity contribution in [2.75, 3.05) is 13.2 Å². The van der Waals surface area contributed by atoms with Crippen molar-refractivity contribution in [1.29, 1.82) is 0 Å². The molecule has 1 rings (SSSR count). The number of benzene rings is 1. The van der Waals surface area contributed by atoms with Crippen molar-refractivity contribution in [3.8, 4) is 0 Å². The average molecular weight is 431 g/mol. The van der Waals surface area contributed by atoms with Gasteiger partial charge in [-0.15, -0.1) is 0 Å². The molecule has 1 aromatic rings. The van der Waals surface area contributed by atoms with Gasteiger partial charge in [0.05, 0.1) is 13.2 Å². The van der Waals surface area contributed by atoms with E-state index in [0.29, 0.717) is 5.03 Å². The van der Waals surface area contributed by atoms with E-state index in [1.54, 1.807) is 13.8 Å². The molecule has 0 aliphatic rings. The van der Waals surface area contributed by atoms with Crippen LogP contribution >= 0.6 is 41.8 Å². The largest absolute Gasteiger partial charge is 0.377 e. The molecule has 0 fully saturated rings. The quantitative estimate of drug-likeness (QED) is 0.513. The summed E-state index contributed by atoms with van der Waals surface area (Å²) in [6.45, 7) is 3.73. The third-order valence-corrected chi connectivity index (χ3v) is 5.45. The van der Waals surface area contributed by atoms with Crippen molar-refractivity contribution in [1.82, 2.24) is 0 Å². The van der Waals surface area contributed by atoms with Crippen molar-refractivity contribution in [3.63, 3.8) is 0 Å². The van der Waals surface area contributed by atoms with E-state index < -0.39 is 13.4 Å². The minimum absolute atomic E-state index is 0.184. The van der Waals surface area contributed by atoms with E-state index >= 15 is 0 Å². The highest BCUT2D eigenvalue weighted by atomic mass is 127.